The van der Waals surface area contributed by atoms with Crippen molar-refractivity contribution in [3.05, 3.63) is 236 Å². The molecule has 8 rings (SSSR count). The SMILES string of the molecule is COP(=O)(O)OCC(C)(COP(=O)(O)OCCCc1ccc[cH-]1)COP(=O)(O)OCC(C)(COP(=O)(O)OCCCc1ccc[cH-]1)COP(=O)(O)OCC(C)(COP(=O)(O)OCCCc1ccc[cH-]1)COP(=O)(O)OCC(C)(CO)COP(=O)(O)OCCCc1ccc[cH-]1.Clc1ccc[cH-]1.Clc1ccc[cH-]1.Clc1ccc[cH-]1.Clc1ccc[cH-]1.[Fe+2].[Fe+2].[Fe+2].[Fe+2]. The Morgan fingerprint density at radius 1 is 0.270 bits per heavy atom. The van der Waals surface area contributed by atoms with E-state index < -0.39 is 164 Å². The van der Waals surface area contributed by atoms with E-state index in [4.69, 9.17) is 114 Å². The van der Waals surface area contributed by atoms with Gasteiger partial charge in [0.2, 0.25) is 0 Å². The quantitative estimate of drug-likeness (QED) is 0.00740. The molecule has 0 radical (unpaired) electrons. The van der Waals surface area contributed by atoms with Crippen LogP contribution in [0.3, 0.4) is 0 Å². The minimum absolute atomic E-state index is 0. The summed E-state index contributed by atoms with van der Waals surface area (Å²) in [6.45, 7) is -8.05. The van der Waals surface area contributed by atoms with Crippen molar-refractivity contribution in [2.45, 2.75) is 79.1 Å². The van der Waals surface area contributed by atoms with Crippen molar-refractivity contribution in [2.75, 3.05) is 113 Å². The van der Waals surface area contributed by atoms with Crippen LogP contribution in [-0.4, -0.2) is 157 Å². The average Bonchev–Trinajstić information content (AvgIpc) is 1.14. The van der Waals surface area contributed by atoms with E-state index in [0.717, 1.165) is 63.3 Å². The molecule has 0 aliphatic rings. The summed E-state index contributed by atoms with van der Waals surface area (Å²) >= 11 is 21.8. The largest absolute Gasteiger partial charge is 2.00 e. The molecule has 9 N–H and O–H groups in total. The Hall–Kier alpha value is -1.12. The second kappa shape index (κ2) is 60.8. The number of hydrogen-bond donors (Lipinski definition) is 9. The van der Waals surface area contributed by atoms with Gasteiger partial charge < -0.3 is 44.3 Å². The standard InChI is InChI=1S/C53H88O33P8.4C5H4Cl.4Fe/c1-50(34-54,35-77-88(57,58)72-30-14-26-46-18-6-7-19-46)36-78-92(65,66)82-42-52(3,39-80-90(61,62)74-32-16-28-48-22-10-11-23-48)43-85-94(69,70)86-45-53(4,40-81-91(63,64)75-33-17-29-49-24-12-13-25-49)44-84-93(67,68)83-41-51(2,37-76-87(55,56)71-5)38-79-89(59,60)73-31-15-27-47-20-8-9-21-47;4*6-5-3-1-2-4-5;;;;/h6-13,18-25,54H,14-17,26-45H2,1-5H3,(H,55,56)(H,57,58)(H,59,60)(H,61,62)(H,63,64)(H,65,66)(H,67,68)(H,69,70);4*1-4H;;;;/q-4;4*-1;4*+2. The minimum atomic E-state index is -5.52. The summed E-state index contributed by atoms with van der Waals surface area (Å²) in [6, 6.07) is 59.1. The fraction of sp³-hybridized carbons (Fsp3) is 0.452. The number of aliphatic hydroxyl groups is 1. The molecule has 0 saturated heterocycles. The Morgan fingerprint density at radius 3 is 0.574 bits per heavy atom. The minimum Gasteiger partial charge on any atom is -0.396 e. The van der Waals surface area contributed by atoms with Crippen LogP contribution in [0, 0.1) is 21.7 Å². The maximum absolute atomic E-state index is 13.8. The van der Waals surface area contributed by atoms with Gasteiger partial charge in [-0.3, -0.25) is 72.4 Å². The summed E-state index contributed by atoms with van der Waals surface area (Å²) in [6.07, 6.45) is 3.07. The van der Waals surface area contributed by atoms with Gasteiger partial charge in [0.1, 0.15) is 0 Å². The van der Waals surface area contributed by atoms with Crippen LogP contribution < -0.4 is 0 Å². The molecular weight excluding hydrogens is 2020 g/mol. The topological polar surface area (TPSA) is 466 Å². The zero-order chi connectivity index (χ0) is 87.5. The van der Waals surface area contributed by atoms with Gasteiger partial charge in [-0.25, -0.2) is 109 Å². The molecule has 33 nitrogen and oxygen atoms in total. The van der Waals surface area contributed by atoms with Crippen molar-refractivity contribution in [2.24, 2.45) is 21.7 Å². The van der Waals surface area contributed by atoms with Crippen molar-refractivity contribution in [3.63, 3.8) is 0 Å². The molecule has 694 valence electrons. The van der Waals surface area contributed by atoms with Gasteiger partial charge >= 0.3 is 131 Å². The van der Waals surface area contributed by atoms with Gasteiger partial charge in [0.15, 0.2) is 0 Å². The molecule has 0 spiro atoms. The molecule has 12 atom stereocenters. The van der Waals surface area contributed by atoms with Gasteiger partial charge in [-0.15, -0.1) is 46.4 Å². The summed E-state index contributed by atoms with van der Waals surface area (Å²) in [5.41, 5.74) is -3.90. The first-order valence-corrected chi connectivity index (χ1v) is 49.5. The number of hydrogen-bond acceptors (Lipinski definition) is 25. The molecule has 122 heavy (non-hydrogen) atoms. The summed E-state index contributed by atoms with van der Waals surface area (Å²) in [7, 11) is -39.8. The first-order chi connectivity index (χ1) is 55.3. The van der Waals surface area contributed by atoms with Crippen LogP contribution in [0.25, 0.3) is 0 Å². The van der Waals surface area contributed by atoms with Crippen molar-refractivity contribution in [3.8, 4) is 0 Å². The van der Waals surface area contributed by atoms with E-state index in [0.29, 0.717) is 38.5 Å². The summed E-state index contributed by atoms with van der Waals surface area (Å²) in [5, 5.41) is 13.4. The van der Waals surface area contributed by atoms with Crippen LogP contribution in [0.4, 0.5) is 0 Å². The number of halogens is 4. The van der Waals surface area contributed by atoms with Gasteiger partial charge in [0.05, 0.1) is 106 Å². The maximum atomic E-state index is 13.8. The number of phosphoric ester groups is 8. The van der Waals surface area contributed by atoms with E-state index in [-0.39, 0.29) is 108 Å². The van der Waals surface area contributed by atoms with Crippen molar-refractivity contribution >= 4 is 109 Å². The molecule has 0 heterocycles. The Kier molecular flexibility index (Phi) is 60.3. The summed E-state index contributed by atoms with van der Waals surface area (Å²) in [4.78, 5) is 85.0. The van der Waals surface area contributed by atoms with E-state index >= 15 is 0 Å². The molecule has 0 aliphatic carbocycles. The Morgan fingerprint density at radius 2 is 0.434 bits per heavy atom. The van der Waals surface area contributed by atoms with E-state index in [1.807, 2.05) is 170 Å². The molecular formula is C73H104Cl4Fe4O33P8. The predicted octanol–water partition coefficient (Wildman–Crippen LogP) is 18.3. The molecule has 0 fully saturated rings. The Bertz CT molecular complexity index is 4220. The first kappa shape index (κ1) is 121. The third kappa shape index (κ3) is 57.2. The van der Waals surface area contributed by atoms with Crippen molar-refractivity contribution < 1.29 is 221 Å². The third-order valence-corrected chi connectivity index (χ3v) is 24.3. The van der Waals surface area contributed by atoms with Crippen molar-refractivity contribution in [1.29, 1.82) is 0 Å². The van der Waals surface area contributed by atoms with Gasteiger partial charge in [-0.05, 0) is 51.4 Å². The fourth-order valence-corrected chi connectivity index (χ4v) is 16.9. The monoisotopic (exact) mass is 2120 g/mol. The molecule has 0 aromatic heterocycles. The maximum Gasteiger partial charge on any atom is 2.00 e. The van der Waals surface area contributed by atoms with Crippen LogP contribution in [0.2, 0.25) is 20.1 Å². The molecule has 8 aromatic carbocycles. The molecule has 49 heteroatoms. The summed E-state index contributed by atoms with van der Waals surface area (Å²) < 4.78 is 186. The summed E-state index contributed by atoms with van der Waals surface area (Å²) in [5.74, 6) is 0. The predicted molar refractivity (Wildman–Crippen MR) is 444 cm³/mol. The number of rotatable bonds is 55. The number of aryl methyl sites for hydroxylation is 4. The molecule has 12 unspecified atom stereocenters. The number of aliphatic hydroxyl groups excluding tert-OH is 1. The fourth-order valence-electron chi connectivity index (χ4n) is 8.98. The normalized spacial score (nSPS) is 17.2. The van der Waals surface area contributed by atoms with E-state index in [1.165, 1.54) is 13.8 Å². The smallest absolute Gasteiger partial charge is 0.396 e. The number of phosphoric acid groups is 8. The average molecular weight is 2120 g/mol. The second-order valence-electron chi connectivity index (χ2n) is 27.7. The molecule has 8 aromatic rings. The molecule has 0 amide bonds. The third-order valence-electron chi connectivity index (χ3n) is 15.8. The van der Waals surface area contributed by atoms with Gasteiger partial charge in [-0.2, -0.15) is 144 Å². The van der Waals surface area contributed by atoms with Crippen LogP contribution >= 0.6 is 109 Å². The first-order valence-electron chi connectivity index (χ1n) is 36.1. The second-order valence-corrected chi connectivity index (χ2v) is 41.2. The van der Waals surface area contributed by atoms with E-state index in [1.54, 1.807) is 24.3 Å². The van der Waals surface area contributed by atoms with Crippen LogP contribution in [0.15, 0.2) is 194 Å². The Balaban J connectivity index is 0.00000444. The Labute approximate surface area is 774 Å². The van der Waals surface area contributed by atoms with Gasteiger partial charge in [-0.1, -0.05) is 47.8 Å². The van der Waals surface area contributed by atoms with Gasteiger partial charge in [0.25, 0.3) is 0 Å². The zero-order valence-electron chi connectivity index (χ0n) is 66.8. The van der Waals surface area contributed by atoms with Crippen LogP contribution in [-0.2, 0) is 203 Å². The molecule has 0 saturated carbocycles. The van der Waals surface area contributed by atoms with Crippen molar-refractivity contribution in [1.82, 2.24) is 0 Å². The molecule has 0 bridgehead atoms. The van der Waals surface area contributed by atoms with E-state index in [9.17, 15) is 80.8 Å². The van der Waals surface area contributed by atoms with E-state index in [2.05, 4.69) is 4.52 Å². The van der Waals surface area contributed by atoms with Crippen LogP contribution in [0.5, 0.6) is 0 Å². The van der Waals surface area contributed by atoms with Crippen LogP contribution in [0.1, 0.15) is 75.6 Å². The molecule has 0 aliphatic heterocycles. The van der Waals surface area contributed by atoms with Gasteiger partial charge in [0, 0.05) is 28.8 Å². The zero-order valence-corrected chi connectivity index (χ0v) is 81.4.